The van der Waals surface area contributed by atoms with Gasteiger partial charge in [-0.2, -0.15) is 18.3 Å². The SMILES string of the molecule is CCC1=C2c3c(ccc(C(F)(F)F)c3F)N=C(N3CCNCC3)N2N=CC1. The lowest BCUT2D eigenvalue weighted by atomic mass is 9.95. The largest absolute Gasteiger partial charge is 0.419 e. The summed E-state index contributed by atoms with van der Waals surface area (Å²) in [5, 5.41) is 9.09. The van der Waals surface area contributed by atoms with Crippen LogP contribution in [-0.4, -0.2) is 48.3 Å². The zero-order valence-electron chi connectivity index (χ0n) is 14.8. The second kappa shape index (κ2) is 6.63. The number of hydrogen-bond acceptors (Lipinski definition) is 5. The van der Waals surface area contributed by atoms with Crippen LogP contribution in [0.4, 0.5) is 23.2 Å². The van der Waals surface area contributed by atoms with Crippen LogP contribution in [0.5, 0.6) is 0 Å². The Labute approximate surface area is 154 Å². The van der Waals surface area contributed by atoms with Gasteiger partial charge in [-0.1, -0.05) is 6.92 Å². The number of aliphatic imine (C=N–C) groups is 1. The predicted octanol–water partition coefficient (Wildman–Crippen LogP) is 3.56. The summed E-state index contributed by atoms with van der Waals surface area (Å²) < 4.78 is 54.7. The van der Waals surface area contributed by atoms with Crippen molar-refractivity contribution < 1.29 is 17.6 Å². The zero-order valence-corrected chi connectivity index (χ0v) is 14.8. The molecule has 1 saturated heterocycles. The van der Waals surface area contributed by atoms with E-state index in [0.29, 0.717) is 37.6 Å². The molecule has 144 valence electrons. The molecule has 0 saturated carbocycles. The highest BCUT2D eigenvalue weighted by Gasteiger charge is 2.40. The molecule has 4 rings (SSSR count). The van der Waals surface area contributed by atoms with Crippen molar-refractivity contribution in [2.45, 2.75) is 25.9 Å². The van der Waals surface area contributed by atoms with Crippen LogP contribution in [0, 0.1) is 5.82 Å². The third-order valence-electron chi connectivity index (χ3n) is 4.98. The number of allylic oxidation sites excluding steroid dienone is 1. The molecule has 0 unspecified atom stereocenters. The molecule has 1 aromatic rings. The first-order chi connectivity index (χ1) is 12.9. The van der Waals surface area contributed by atoms with Crippen LogP contribution in [0.15, 0.2) is 27.8 Å². The number of nitrogens with zero attached hydrogens (tertiary/aromatic N) is 4. The molecule has 0 spiro atoms. The summed E-state index contributed by atoms with van der Waals surface area (Å²) in [6.45, 7) is 4.83. The molecule has 0 aliphatic carbocycles. The van der Waals surface area contributed by atoms with Gasteiger partial charge in [-0.15, -0.1) is 0 Å². The molecular formula is C18H19F4N5. The standard InChI is InChI=1S/C18H19F4N5/c1-2-11-5-6-24-27-16(11)14-13(4-3-12(15(14)19)18(20,21)22)25-17(27)26-9-7-23-8-10-26/h3-4,6,23H,2,5,7-10H2,1H3. The molecule has 0 bridgehead atoms. The Morgan fingerprint density at radius 3 is 2.59 bits per heavy atom. The summed E-state index contributed by atoms with van der Waals surface area (Å²) in [6, 6.07) is 2.01. The van der Waals surface area contributed by atoms with Crippen molar-refractivity contribution in [1.29, 1.82) is 0 Å². The van der Waals surface area contributed by atoms with E-state index < -0.39 is 17.6 Å². The minimum atomic E-state index is -4.77. The summed E-state index contributed by atoms with van der Waals surface area (Å²) in [5.74, 6) is -0.758. The summed E-state index contributed by atoms with van der Waals surface area (Å²) in [5.41, 5.74) is 0.0504. The van der Waals surface area contributed by atoms with Gasteiger partial charge in [0.05, 0.1) is 22.5 Å². The van der Waals surface area contributed by atoms with Crippen LogP contribution >= 0.6 is 0 Å². The van der Waals surface area contributed by atoms with Gasteiger partial charge in [0, 0.05) is 38.8 Å². The number of guanidine groups is 1. The van der Waals surface area contributed by atoms with E-state index in [0.717, 1.165) is 24.7 Å². The highest BCUT2D eigenvalue weighted by atomic mass is 19.4. The Kier molecular flexibility index (Phi) is 4.41. The van der Waals surface area contributed by atoms with Gasteiger partial charge >= 0.3 is 6.18 Å². The highest BCUT2D eigenvalue weighted by Crippen LogP contribution is 2.44. The number of rotatable bonds is 1. The van der Waals surface area contributed by atoms with Crippen LogP contribution in [0.2, 0.25) is 0 Å². The van der Waals surface area contributed by atoms with Crippen molar-refractivity contribution in [2.75, 3.05) is 26.2 Å². The fraction of sp³-hybridized carbons (Fsp3) is 0.444. The van der Waals surface area contributed by atoms with E-state index >= 15 is 0 Å². The van der Waals surface area contributed by atoms with Crippen molar-refractivity contribution in [3.05, 3.63) is 34.6 Å². The first-order valence-electron chi connectivity index (χ1n) is 8.90. The van der Waals surface area contributed by atoms with E-state index in [1.165, 1.54) is 11.1 Å². The van der Waals surface area contributed by atoms with Crippen molar-refractivity contribution >= 4 is 23.6 Å². The molecule has 3 aliphatic heterocycles. The molecule has 3 heterocycles. The Morgan fingerprint density at radius 1 is 1.19 bits per heavy atom. The molecule has 0 amide bonds. The average molecular weight is 381 g/mol. The number of halogens is 4. The molecular weight excluding hydrogens is 362 g/mol. The van der Waals surface area contributed by atoms with E-state index in [-0.39, 0.29) is 11.3 Å². The molecule has 1 N–H and O–H groups in total. The Hall–Kier alpha value is -2.42. The van der Waals surface area contributed by atoms with Gasteiger partial charge in [0.1, 0.15) is 5.82 Å². The summed E-state index contributed by atoms with van der Waals surface area (Å²) in [7, 11) is 0. The van der Waals surface area contributed by atoms with E-state index in [4.69, 9.17) is 0 Å². The number of nitrogens with one attached hydrogen (secondary N) is 1. The lowest BCUT2D eigenvalue weighted by molar-refractivity contribution is -0.140. The molecule has 1 aromatic carbocycles. The van der Waals surface area contributed by atoms with Gasteiger partial charge < -0.3 is 10.2 Å². The molecule has 9 heteroatoms. The van der Waals surface area contributed by atoms with Crippen LogP contribution in [0.25, 0.3) is 5.70 Å². The summed E-state index contributed by atoms with van der Waals surface area (Å²) >= 11 is 0. The number of hydrogen-bond donors (Lipinski definition) is 1. The van der Waals surface area contributed by atoms with Crippen molar-refractivity contribution in [2.24, 2.45) is 10.1 Å². The first kappa shape index (κ1) is 18.0. The van der Waals surface area contributed by atoms with Gasteiger partial charge in [0.2, 0.25) is 5.96 Å². The lowest BCUT2D eigenvalue weighted by Crippen LogP contribution is -2.51. The zero-order chi connectivity index (χ0) is 19.2. The van der Waals surface area contributed by atoms with Crippen molar-refractivity contribution in [3.63, 3.8) is 0 Å². The maximum absolute atomic E-state index is 15.0. The van der Waals surface area contributed by atoms with Crippen LogP contribution in [-0.2, 0) is 6.18 Å². The highest BCUT2D eigenvalue weighted by molar-refractivity contribution is 5.99. The number of piperazine rings is 1. The second-order valence-electron chi connectivity index (χ2n) is 6.59. The third kappa shape index (κ3) is 2.99. The maximum Gasteiger partial charge on any atom is 0.419 e. The molecule has 1 fully saturated rings. The second-order valence-corrected chi connectivity index (χ2v) is 6.59. The molecule has 27 heavy (non-hydrogen) atoms. The monoisotopic (exact) mass is 381 g/mol. The van der Waals surface area contributed by atoms with Crippen LogP contribution < -0.4 is 5.32 Å². The van der Waals surface area contributed by atoms with Crippen LogP contribution in [0.3, 0.4) is 0 Å². The van der Waals surface area contributed by atoms with E-state index in [9.17, 15) is 17.6 Å². The van der Waals surface area contributed by atoms with Gasteiger partial charge in [0.25, 0.3) is 0 Å². The molecule has 0 radical (unpaired) electrons. The Morgan fingerprint density at radius 2 is 1.93 bits per heavy atom. The molecule has 3 aliphatic rings. The minimum absolute atomic E-state index is 0.114. The number of alkyl halides is 3. The normalized spacial score (nSPS) is 19.8. The number of benzene rings is 1. The van der Waals surface area contributed by atoms with Gasteiger partial charge in [-0.05, 0) is 24.1 Å². The number of hydrazone groups is 1. The summed E-state index contributed by atoms with van der Waals surface area (Å²) in [4.78, 5) is 6.51. The molecule has 0 atom stereocenters. The Bertz CT molecular complexity index is 850. The minimum Gasteiger partial charge on any atom is -0.338 e. The van der Waals surface area contributed by atoms with E-state index in [2.05, 4.69) is 15.4 Å². The quantitative estimate of drug-likeness (QED) is 0.757. The third-order valence-corrected chi connectivity index (χ3v) is 4.98. The maximum atomic E-state index is 15.0. The lowest BCUT2D eigenvalue weighted by Gasteiger charge is -2.39. The Balaban J connectivity index is 1.93. The smallest absolute Gasteiger partial charge is 0.338 e. The van der Waals surface area contributed by atoms with Crippen molar-refractivity contribution in [3.8, 4) is 0 Å². The topological polar surface area (TPSA) is 43.2 Å². The van der Waals surface area contributed by atoms with Gasteiger partial charge in [0.15, 0.2) is 0 Å². The molecule has 0 aromatic heterocycles. The number of fused-ring (bicyclic) bond motifs is 3. The van der Waals surface area contributed by atoms with Gasteiger partial charge in [-0.25, -0.2) is 14.4 Å². The fourth-order valence-electron chi connectivity index (χ4n) is 3.61. The predicted molar refractivity (Wildman–Crippen MR) is 95.1 cm³/mol. The average Bonchev–Trinajstić information content (AvgIpc) is 2.66. The van der Waals surface area contributed by atoms with Crippen LogP contribution in [0.1, 0.15) is 30.9 Å². The van der Waals surface area contributed by atoms with E-state index in [1.807, 2.05) is 11.8 Å². The van der Waals surface area contributed by atoms with Crippen molar-refractivity contribution in [1.82, 2.24) is 15.2 Å². The summed E-state index contributed by atoms with van der Waals surface area (Å²) in [6.07, 6.45) is -2.01. The first-order valence-corrected chi connectivity index (χ1v) is 8.90. The van der Waals surface area contributed by atoms with Gasteiger partial charge in [-0.3, -0.25) is 0 Å². The fourth-order valence-corrected chi connectivity index (χ4v) is 3.61. The van der Waals surface area contributed by atoms with E-state index in [1.54, 1.807) is 6.21 Å². The molecule has 5 nitrogen and oxygen atoms in total.